The first-order valence-corrected chi connectivity index (χ1v) is 4.93. The number of Topliss-reactive ketones (excluding diaryl/α,β-unsaturated/α-hetero) is 1. The highest BCUT2D eigenvalue weighted by Gasteiger charge is 2.24. The first-order chi connectivity index (χ1) is 7.58. The average molecular weight is 220 g/mol. The number of carbonyl (C=O) groups is 1. The minimum absolute atomic E-state index is 0.138. The molecule has 0 spiro atoms. The monoisotopic (exact) mass is 220 g/mol. The summed E-state index contributed by atoms with van der Waals surface area (Å²) in [5.74, 6) is 1.15. The number of hydrogen-bond donors (Lipinski definition) is 1. The summed E-state index contributed by atoms with van der Waals surface area (Å²) < 4.78 is 10.3. The number of furan rings is 2. The summed E-state index contributed by atoms with van der Waals surface area (Å²) in [6, 6.07) is 6.48. The van der Waals surface area contributed by atoms with Crippen molar-refractivity contribution in [2.24, 2.45) is 0 Å². The Kier molecular flexibility index (Phi) is 2.66. The number of carbonyl (C=O) groups excluding carboxylic acids is 1. The van der Waals surface area contributed by atoms with Gasteiger partial charge in [0, 0.05) is 0 Å². The molecule has 2 heterocycles. The fourth-order valence-corrected chi connectivity index (χ4v) is 1.43. The molecule has 1 N–H and O–H groups in total. The van der Waals surface area contributed by atoms with Gasteiger partial charge >= 0.3 is 0 Å². The van der Waals surface area contributed by atoms with Crippen LogP contribution in [-0.2, 0) is 0 Å². The fraction of sp³-hybridized carbons (Fsp3) is 0.250. The molecule has 2 rings (SSSR count). The van der Waals surface area contributed by atoms with Gasteiger partial charge in [0.1, 0.15) is 17.3 Å². The first-order valence-electron chi connectivity index (χ1n) is 4.93. The minimum Gasteiger partial charge on any atom is -0.463 e. The molecule has 0 radical (unpaired) electrons. The van der Waals surface area contributed by atoms with Gasteiger partial charge in [-0.15, -0.1) is 0 Å². The molecule has 0 saturated heterocycles. The van der Waals surface area contributed by atoms with Gasteiger partial charge in [-0.2, -0.15) is 0 Å². The molecule has 1 atom stereocenters. The number of aryl methyl sites for hydroxylation is 2. The first kappa shape index (κ1) is 10.7. The molecule has 0 saturated carbocycles. The van der Waals surface area contributed by atoms with Crippen molar-refractivity contribution < 1.29 is 18.7 Å². The molecular weight excluding hydrogens is 208 g/mol. The van der Waals surface area contributed by atoms with E-state index in [4.69, 9.17) is 8.83 Å². The second kappa shape index (κ2) is 3.98. The SMILES string of the molecule is Cc1ccc(C(=O)C(O)c2ccc(C)o2)o1. The van der Waals surface area contributed by atoms with Crippen LogP contribution in [-0.4, -0.2) is 10.9 Å². The Morgan fingerprint density at radius 3 is 2.25 bits per heavy atom. The topological polar surface area (TPSA) is 63.6 Å². The number of aliphatic hydroxyl groups excluding tert-OH is 1. The summed E-state index contributed by atoms with van der Waals surface area (Å²) in [5, 5.41) is 9.76. The molecule has 4 nitrogen and oxygen atoms in total. The van der Waals surface area contributed by atoms with E-state index in [1.54, 1.807) is 32.0 Å². The number of rotatable bonds is 3. The lowest BCUT2D eigenvalue weighted by Crippen LogP contribution is -2.10. The van der Waals surface area contributed by atoms with Crippen LogP contribution in [0.15, 0.2) is 33.1 Å². The van der Waals surface area contributed by atoms with Crippen molar-refractivity contribution in [3.8, 4) is 0 Å². The molecule has 16 heavy (non-hydrogen) atoms. The van der Waals surface area contributed by atoms with Crippen LogP contribution in [0.5, 0.6) is 0 Å². The average Bonchev–Trinajstić information content (AvgIpc) is 2.85. The van der Waals surface area contributed by atoms with Crippen molar-refractivity contribution in [3.05, 3.63) is 47.3 Å². The summed E-state index contributed by atoms with van der Waals surface area (Å²) in [6.45, 7) is 3.48. The molecule has 0 aromatic carbocycles. The van der Waals surface area contributed by atoms with Gasteiger partial charge in [-0.25, -0.2) is 0 Å². The molecule has 2 aromatic heterocycles. The predicted octanol–water partition coefficient (Wildman–Crippen LogP) is 2.41. The maximum Gasteiger partial charge on any atom is 0.234 e. The van der Waals surface area contributed by atoms with E-state index in [0.29, 0.717) is 11.5 Å². The van der Waals surface area contributed by atoms with Crippen LogP contribution in [0.4, 0.5) is 0 Å². The molecule has 0 amide bonds. The third-order valence-electron chi connectivity index (χ3n) is 2.26. The van der Waals surface area contributed by atoms with Crippen molar-refractivity contribution in [2.75, 3.05) is 0 Å². The maximum absolute atomic E-state index is 11.8. The lowest BCUT2D eigenvalue weighted by Gasteiger charge is -2.03. The van der Waals surface area contributed by atoms with Crippen LogP contribution in [0, 0.1) is 13.8 Å². The zero-order chi connectivity index (χ0) is 11.7. The van der Waals surface area contributed by atoms with E-state index < -0.39 is 11.9 Å². The van der Waals surface area contributed by atoms with E-state index in [9.17, 15) is 9.90 Å². The van der Waals surface area contributed by atoms with Crippen LogP contribution >= 0.6 is 0 Å². The zero-order valence-corrected chi connectivity index (χ0v) is 9.06. The summed E-state index contributed by atoms with van der Waals surface area (Å²) in [5.41, 5.74) is 0. The molecule has 84 valence electrons. The number of ketones is 1. The van der Waals surface area contributed by atoms with Gasteiger partial charge in [0.15, 0.2) is 11.9 Å². The van der Waals surface area contributed by atoms with E-state index in [2.05, 4.69) is 0 Å². The molecule has 0 aliphatic heterocycles. The molecule has 0 aliphatic rings. The molecule has 0 bridgehead atoms. The highest BCUT2D eigenvalue weighted by molar-refractivity contribution is 5.97. The van der Waals surface area contributed by atoms with Crippen LogP contribution in [0.3, 0.4) is 0 Å². The Hall–Kier alpha value is -1.81. The smallest absolute Gasteiger partial charge is 0.234 e. The molecule has 0 aliphatic carbocycles. The van der Waals surface area contributed by atoms with E-state index in [0.717, 1.165) is 0 Å². The van der Waals surface area contributed by atoms with Gasteiger partial charge in [-0.3, -0.25) is 4.79 Å². The third kappa shape index (κ3) is 1.92. The predicted molar refractivity (Wildman–Crippen MR) is 56.2 cm³/mol. The highest BCUT2D eigenvalue weighted by atomic mass is 16.4. The largest absolute Gasteiger partial charge is 0.463 e. The van der Waals surface area contributed by atoms with Crippen LogP contribution in [0.25, 0.3) is 0 Å². The second-order valence-corrected chi connectivity index (χ2v) is 3.63. The van der Waals surface area contributed by atoms with E-state index in [-0.39, 0.29) is 11.5 Å². The molecule has 2 aromatic rings. The van der Waals surface area contributed by atoms with E-state index >= 15 is 0 Å². The Bertz CT molecular complexity index is 507. The van der Waals surface area contributed by atoms with Crippen molar-refractivity contribution >= 4 is 5.78 Å². The van der Waals surface area contributed by atoms with Crippen LogP contribution in [0.2, 0.25) is 0 Å². The lowest BCUT2D eigenvalue weighted by atomic mass is 10.1. The van der Waals surface area contributed by atoms with E-state index in [1.165, 1.54) is 6.07 Å². The van der Waals surface area contributed by atoms with Gasteiger partial charge in [0.25, 0.3) is 0 Å². The fourth-order valence-electron chi connectivity index (χ4n) is 1.43. The minimum atomic E-state index is -1.31. The Balaban J connectivity index is 2.22. The van der Waals surface area contributed by atoms with Crippen LogP contribution < -0.4 is 0 Å². The normalized spacial score (nSPS) is 12.7. The standard InChI is InChI=1S/C12H12O4/c1-7-3-5-9(15-7)11(13)12(14)10-6-4-8(2)16-10/h3-6,11,13H,1-2H3. The van der Waals surface area contributed by atoms with Gasteiger partial charge in [-0.05, 0) is 38.1 Å². The summed E-state index contributed by atoms with van der Waals surface area (Å²) in [7, 11) is 0. The Morgan fingerprint density at radius 2 is 1.75 bits per heavy atom. The number of aliphatic hydroxyl groups is 1. The summed E-state index contributed by atoms with van der Waals surface area (Å²) in [4.78, 5) is 11.8. The van der Waals surface area contributed by atoms with Crippen molar-refractivity contribution in [1.82, 2.24) is 0 Å². The third-order valence-corrected chi connectivity index (χ3v) is 2.26. The number of hydrogen-bond acceptors (Lipinski definition) is 4. The van der Waals surface area contributed by atoms with Gasteiger partial charge in [0.05, 0.1) is 0 Å². The summed E-state index contributed by atoms with van der Waals surface area (Å²) in [6.07, 6.45) is -1.31. The quantitative estimate of drug-likeness (QED) is 0.807. The Morgan fingerprint density at radius 1 is 1.12 bits per heavy atom. The molecular formula is C12H12O4. The Labute approximate surface area is 92.5 Å². The van der Waals surface area contributed by atoms with E-state index in [1.807, 2.05) is 0 Å². The molecule has 1 unspecified atom stereocenters. The van der Waals surface area contributed by atoms with Crippen molar-refractivity contribution in [3.63, 3.8) is 0 Å². The zero-order valence-electron chi connectivity index (χ0n) is 9.06. The van der Waals surface area contributed by atoms with Gasteiger partial charge < -0.3 is 13.9 Å². The molecule has 4 heteroatoms. The molecule has 0 fully saturated rings. The van der Waals surface area contributed by atoms with Crippen molar-refractivity contribution in [1.29, 1.82) is 0 Å². The van der Waals surface area contributed by atoms with Crippen molar-refractivity contribution in [2.45, 2.75) is 20.0 Å². The van der Waals surface area contributed by atoms with Gasteiger partial charge in [-0.1, -0.05) is 0 Å². The van der Waals surface area contributed by atoms with Crippen LogP contribution in [0.1, 0.15) is 33.9 Å². The summed E-state index contributed by atoms with van der Waals surface area (Å²) >= 11 is 0. The lowest BCUT2D eigenvalue weighted by molar-refractivity contribution is 0.0670. The van der Waals surface area contributed by atoms with Gasteiger partial charge in [0.2, 0.25) is 5.78 Å². The second-order valence-electron chi connectivity index (χ2n) is 3.63. The highest BCUT2D eigenvalue weighted by Crippen LogP contribution is 2.21. The maximum atomic E-state index is 11.8.